The Kier molecular flexibility index (Phi) is 12.2. The minimum atomic E-state index is 0.117. The number of anilines is 2. The van der Waals surface area contributed by atoms with Crippen LogP contribution in [-0.2, 0) is 9.59 Å². The third-order valence-corrected chi connectivity index (χ3v) is 5.90. The number of nitrogens with one attached hydrogen (secondary N) is 2. The predicted molar refractivity (Wildman–Crippen MR) is 135 cm³/mol. The smallest absolute Gasteiger partial charge is 0.224 e. The Balaban J connectivity index is 1.37. The molecule has 2 N–H and O–H groups in total. The minimum absolute atomic E-state index is 0.117. The van der Waals surface area contributed by atoms with Gasteiger partial charge in [0.05, 0.1) is 0 Å². The highest BCUT2D eigenvalue weighted by Gasteiger charge is 2.05. The summed E-state index contributed by atoms with van der Waals surface area (Å²) in [5.41, 5.74) is 4.05. The largest absolute Gasteiger partial charge is 0.326 e. The quantitative estimate of drug-likeness (QED) is 0.283. The molecule has 2 aromatic rings. The Bertz CT molecular complexity index is 762. The van der Waals surface area contributed by atoms with Crippen LogP contribution in [0.1, 0.15) is 88.2 Å². The fourth-order valence-electron chi connectivity index (χ4n) is 3.84. The number of hydrogen-bond donors (Lipinski definition) is 2. The van der Waals surface area contributed by atoms with Crippen molar-refractivity contribution in [1.29, 1.82) is 0 Å². The zero-order chi connectivity index (χ0) is 23.0. The molecule has 2 aromatic carbocycles. The van der Waals surface area contributed by atoms with Crippen molar-refractivity contribution in [2.75, 3.05) is 10.6 Å². The second-order valence-corrected chi connectivity index (χ2v) is 8.76. The SMILES string of the molecule is Cc1ccccc1NC(=O)CCCCCCCCCCCCC(=O)Nc1ccccc1C. The first-order valence-corrected chi connectivity index (χ1v) is 12.3. The molecule has 0 aliphatic carbocycles. The number of carbonyl (C=O) groups is 2. The van der Waals surface area contributed by atoms with Gasteiger partial charge in [-0.3, -0.25) is 9.59 Å². The molecule has 0 radical (unpaired) electrons. The van der Waals surface area contributed by atoms with E-state index in [1.165, 1.54) is 38.5 Å². The Labute approximate surface area is 194 Å². The minimum Gasteiger partial charge on any atom is -0.326 e. The highest BCUT2D eigenvalue weighted by molar-refractivity contribution is 5.91. The second-order valence-electron chi connectivity index (χ2n) is 8.76. The number of para-hydroxylation sites is 2. The van der Waals surface area contributed by atoms with Crippen LogP contribution in [0.4, 0.5) is 11.4 Å². The molecule has 0 saturated heterocycles. The number of aryl methyl sites for hydroxylation is 2. The number of carbonyl (C=O) groups excluding carboxylic acids is 2. The molecule has 0 aromatic heterocycles. The van der Waals surface area contributed by atoms with Gasteiger partial charge in [0.1, 0.15) is 0 Å². The van der Waals surface area contributed by atoms with Gasteiger partial charge in [-0.05, 0) is 49.9 Å². The fourth-order valence-corrected chi connectivity index (χ4v) is 3.84. The summed E-state index contributed by atoms with van der Waals surface area (Å²) >= 11 is 0. The van der Waals surface area contributed by atoms with Crippen LogP contribution < -0.4 is 10.6 Å². The first kappa shape index (κ1) is 25.6. The zero-order valence-corrected chi connectivity index (χ0v) is 19.9. The van der Waals surface area contributed by atoms with Gasteiger partial charge in [-0.25, -0.2) is 0 Å². The summed E-state index contributed by atoms with van der Waals surface area (Å²) < 4.78 is 0. The summed E-state index contributed by atoms with van der Waals surface area (Å²) in [7, 11) is 0. The number of hydrogen-bond acceptors (Lipinski definition) is 2. The summed E-state index contributed by atoms with van der Waals surface area (Å²) in [6.07, 6.45) is 12.8. The van der Waals surface area contributed by atoms with Crippen LogP contribution in [0, 0.1) is 13.8 Å². The van der Waals surface area contributed by atoms with Gasteiger partial charge in [-0.15, -0.1) is 0 Å². The zero-order valence-electron chi connectivity index (χ0n) is 19.9. The molecule has 0 atom stereocenters. The summed E-state index contributed by atoms with van der Waals surface area (Å²) in [5, 5.41) is 6.01. The van der Waals surface area contributed by atoms with Gasteiger partial charge in [0.15, 0.2) is 0 Å². The van der Waals surface area contributed by atoms with Crippen molar-refractivity contribution < 1.29 is 9.59 Å². The molecule has 174 valence electrons. The van der Waals surface area contributed by atoms with Crippen molar-refractivity contribution in [3.05, 3.63) is 59.7 Å². The Morgan fingerprint density at radius 2 is 0.844 bits per heavy atom. The number of benzene rings is 2. The normalized spacial score (nSPS) is 10.7. The van der Waals surface area contributed by atoms with E-state index in [2.05, 4.69) is 10.6 Å². The van der Waals surface area contributed by atoms with Gasteiger partial charge in [-0.1, -0.05) is 87.8 Å². The summed E-state index contributed by atoms with van der Waals surface area (Å²) in [6.45, 7) is 4.03. The average molecular weight is 437 g/mol. The van der Waals surface area contributed by atoms with Crippen LogP contribution >= 0.6 is 0 Å². The Hall–Kier alpha value is -2.62. The van der Waals surface area contributed by atoms with Crippen molar-refractivity contribution in [3.8, 4) is 0 Å². The highest BCUT2D eigenvalue weighted by atomic mass is 16.2. The molecule has 32 heavy (non-hydrogen) atoms. The van der Waals surface area contributed by atoms with E-state index in [0.29, 0.717) is 12.8 Å². The lowest BCUT2D eigenvalue weighted by molar-refractivity contribution is -0.117. The van der Waals surface area contributed by atoms with E-state index in [0.717, 1.165) is 48.2 Å². The Morgan fingerprint density at radius 1 is 0.531 bits per heavy atom. The predicted octanol–water partition coefficient (Wildman–Crippen LogP) is 7.56. The summed E-state index contributed by atoms with van der Waals surface area (Å²) in [5.74, 6) is 0.235. The molecule has 0 unspecified atom stereocenters. The lowest BCUT2D eigenvalue weighted by Gasteiger charge is -2.08. The molecule has 0 spiro atoms. The topological polar surface area (TPSA) is 58.2 Å². The Morgan fingerprint density at radius 3 is 1.19 bits per heavy atom. The van der Waals surface area contributed by atoms with Crippen LogP contribution in [0.5, 0.6) is 0 Å². The maximum Gasteiger partial charge on any atom is 0.224 e. The standard InChI is InChI=1S/C28H40N2O2/c1-23-17-13-15-19-25(23)29-27(31)21-11-9-7-5-3-4-6-8-10-12-22-28(32)30-26-20-16-14-18-24(26)2/h13-20H,3-12,21-22H2,1-2H3,(H,29,31)(H,30,32). The van der Waals surface area contributed by atoms with Crippen LogP contribution in [0.3, 0.4) is 0 Å². The molecule has 0 bridgehead atoms. The molecule has 0 aliphatic heterocycles. The van der Waals surface area contributed by atoms with E-state index < -0.39 is 0 Å². The summed E-state index contributed by atoms with van der Waals surface area (Å²) in [4.78, 5) is 24.1. The molecule has 2 amide bonds. The number of unbranched alkanes of at least 4 members (excludes halogenated alkanes) is 9. The van der Waals surface area contributed by atoms with Gasteiger partial charge in [-0.2, -0.15) is 0 Å². The van der Waals surface area contributed by atoms with Crippen LogP contribution in [-0.4, -0.2) is 11.8 Å². The fraction of sp³-hybridized carbons (Fsp3) is 0.500. The second kappa shape index (κ2) is 15.2. The van der Waals surface area contributed by atoms with Crippen molar-refractivity contribution in [1.82, 2.24) is 0 Å². The summed E-state index contributed by atoms with van der Waals surface area (Å²) in [6, 6.07) is 15.8. The van der Waals surface area contributed by atoms with Gasteiger partial charge in [0.2, 0.25) is 11.8 Å². The average Bonchev–Trinajstić information content (AvgIpc) is 2.77. The molecule has 4 nitrogen and oxygen atoms in total. The van der Waals surface area contributed by atoms with Gasteiger partial charge in [0.25, 0.3) is 0 Å². The van der Waals surface area contributed by atoms with E-state index in [4.69, 9.17) is 0 Å². The van der Waals surface area contributed by atoms with Crippen LogP contribution in [0.25, 0.3) is 0 Å². The van der Waals surface area contributed by atoms with E-state index in [1.807, 2.05) is 62.4 Å². The van der Waals surface area contributed by atoms with Gasteiger partial charge in [0, 0.05) is 24.2 Å². The van der Waals surface area contributed by atoms with Crippen molar-refractivity contribution in [2.45, 2.75) is 90.9 Å². The molecular formula is C28H40N2O2. The first-order valence-electron chi connectivity index (χ1n) is 12.3. The number of rotatable bonds is 15. The van der Waals surface area contributed by atoms with E-state index in [9.17, 15) is 9.59 Å². The third-order valence-electron chi connectivity index (χ3n) is 5.90. The van der Waals surface area contributed by atoms with E-state index in [-0.39, 0.29) is 11.8 Å². The van der Waals surface area contributed by atoms with E-state index in [1.54, 1.807) is 0 Å². The molecule has 0 saturated carbocycles. The van der Waals surface area contributed by atoms with Crippen molar-refractivity contribution in [2.24, 2.45) is 0 Å². The third kappa shape index (κ3) is 10.6. The van der Waals surface area contributed by atoms with Crippen molar-refractivity contribution in [3.63, 3.8) is 0 Å². The lowest BCUT2D eigenvalue weighted by Crippen LogP contribution is -2.11. The first-order chi connectivity index (χ1) is 15.6. The van der Waals surface area contributed by atoms with Crippen LogP contribution in [0.2, 0.25) is 0 Å². The monoisotopic (exact) mass is 436 g/mol. The molecule has 4 heteroatoms. The molecule has 0 fully saturated rings. The van der Waals surface area contributed by atoms with E-state index >= 15 is 0 Å². The van der Waals surface area contributed by atoms with Gasteiger partial charge >= 0.3 is 0 Å². The molecule has 0 aliphatic rings. The van der Waals surface area contributed by atoms with Crippen molar-refractivity contribution >= 4 is 23.2 Å². The van der Waals surface area contributed by atoms with Gasteiger partial charge < -0.3 is 10.6 Å². The molecule has 0 heterocycles. The molecule has 2 rings (SSSR count). The highest BCUT2D eigenvalue weighted by Crippen LogP contribution is 2.16. The lowest BCUT2D eigenvalue weighted by atomic mass is 10.0. The maximum atomic E-state index is 12.0. The van der Waals surface area contributed by atoms with Crippen LogP contribution in [0.15, 0.2) is 48.5 Å². The maximum absolute atomic E-state index is 12.0. The number of amides is 2. The molecular weight excluding hydrogens is 396 g/mol.